The smallest absolute Gasteiger partial charge is 0.254 e. The van der Waals surface area contributed by atoms with Gasteiger partial charge in [0.15, 0.2) is 11.0 Å². The number of carbonyl (C=O) groups excluding carboxylic acids is 2. The quantitative estimate of drug-likeness (QED) is 0.625. The lowest BCUT2D eigenvalue weighted by Gasteiger charge is -2.12. The van der Waals surface area contributed by atoms with E-state index in [2.05, 4.69) is 16.1 Å². The van der Waals surface area contributed by atoms with E-state index in [0.29, 0.717) is 36.0 Å². The number of likely N-dealkylation sites (tertiary alicyclic amines) is 1. The van der Waals surface area contributed by atoms with E-state index >= 15 is 0 Å². The van der Waals surface area contributed by atoms with E-state index in [1.165, 1.54) is 4.90 Å². The topological polar surface area (TPSA) is 46.2 Å². The van der Waals surface area contributed by atoms with Gasteiger partial charge < -0.3 is 0 Å². The van der Waals surface area contributed by atoms with Gasteiger partial charge in [0.25, 0.3) is 5.82 Å². The van der Waals surface area contributed by atoms with Crippen LogP contribution in [0.1, 0.15) is 25.6 Å². The molecule has 2 amide bonds. The summed E-state index contributed by atoms with van der Waals surface area (Å²) < 4.78 is 4.23. The molecule has 2 heterocycles. The summed E-state index contributed by atoms with van der Waals surface area (Å²) in [4.78, 5) is 24.9. The third kappa shape index (κ3) is 2.72. The van der Waals surface area contributed by atoms with Crippen LogP contribution >= 0.6 is 23.2 Å². The van der Waals surface area contributed by atoms with Gasteiger partial charge in [0, 0.05) is 31.9 Å². The standard InChI is InChI=1S/C16H18Cl2N3O2/c1-3-19-10(2)20(6-7-21-15(22)4-5-16(21)23)14-9-12(18)11(17)8-13(14)19/h8-9H,3-7H2,1-2H3/q+1. The number of hydrogen-bond acceptors (Lipinski definition) is 2. The molecule has 1 saturated heterocycles. The van der Waals surface area contributed by atoms with Gasteiger partial charge in [0.2, 0.25) is 11.8 Å². The summed E-state index contributed by atoms with van der Waals surface area (Å²) >= 11 is 12.3. The van der Waals surface area contributed by atoms with Crippen molar-refractivity contribution in [3.63, 3.8) is 0 Å². The molecule has 0 saturated carbocycles. The summed E-state index contributed by atoms with van der Waals surface area (Å²) in [6.07, 6.45) is 0.640. The lowest BCUT2D eigenvalue weighted by molar-refractivity contribution is -0.677. The molecule has 1 fully saturated rings. The average molecular weight is 355 g/mol. The molecule has 0 atom stereocenters. The van der Waals surface area contributed by atoms with E-state index in [-0.39, 0.29) is 11.8 Å². The SMILES string of the molecule is CCn1c(C)[n+](CCN2C(=O)CCC2=O)c2cc(Cl)c(Cl)cc21. The minimum atomic E-state index is -0.0893. The summed E-state index contributed by atoms with van der Waals surface area (Å²) in [7, 11) is 0. The van der Waals surface area contributed by atoms with Gasteiger partial charge >= 0.3 is 0 Å². The molecule has 0 N–H and O–H groups in total. The number of carbonyl (C=O) groups is 2. The van der Waals surface area contributed by atoms with E-state index in [9.17, 15) is 9.59 Å². The third-order valence-corrected chi connectivity index (χ3v) is 5.12. The number of amides is 2. The zero-order chi connectivity index (χ0) is 16.7. The third-order valence-electron chi connectivity index (χ3n) is 4.40. The van der Waals surface area contributed by atoms with E-state index in [1.54, 1.807) is 0 Å². The molecule has 2 aromatic rings. The Morgan fingerprint density at radius 2 is 1.74 bits per heavy atom. The molecule has 1 aromatic carbocycles. The van der Waals surface area contributed by atoms with Crippen molar-refractivity contribution in [1.82, 2.24) is 9.47 Å². The number of halogens is 2. The number of benzene rings is 1. The fourth-order valence-corrected chi connectivity index (χ4v) is 3.52. The number of fused-ring (bicyclic) bond motifs is 1. The molecule has 122 valence electrons. The Bertz CT molecular complexity index is 797. The lowest BCUT2D eigenvalue weighted by atomic mass is 10.3. The van der Waals surface area contributed by atoms with Crippen LogP contribution in [0.15, 0.2) is 12.1 Å². The van der Waals surface area contributed by atoms with Gasteiger partial charge in [-0.25, -0.2) is 9.13 Å². The molecule has 0 radical (unpaired) electrons. The Morgan fingerprint density at radius 1 is 1.13 bits per heavy atom. The molecule has 0 bridgehead atoms. The molecule has 0 aliphatic carbocycles. The molecule has 5 nitrogen and oxygen atoms in total. The number of rotatable bonds is 4. The first kappa shape index (κ1) is 16.3. The fraction of sp³-hybridized carbons (Fsp3) is 0.438. The van der Waals surface area contributed by atoms with Crippen molar-refractivity contribution in [3.8, 4) is 0 Å². The summed E-state index contributed by atoms with van der Waals surface area (Å²) in [5.74, 6) is 0.863. The Hall–Kier alpha value is -1.59. The Labute approximate surface area is 144 Å². The highest BCUT2D eigenvalue weighted by Crippen LogP contribution is 2.27. The summed E-state index contributed by atoms with van der Waals surface area (Å²) in [5, 5.41) is 1.01. The highest BCUT2D eigenvalue weighted by Gasteiger charge is 2.30. The molecular weight excluding hydrogens is 337 g/mol. The van der Waals surface area contributed by atoms with Crippen molar-refractivity contribution >= 4 is 46.0 Å². The van der Waals surface area contributed by atoms with E-state index in [0.717, 1.165) is 23.4 Å². The molecule has 23 heavy (non-hydrogen) atoms. The minimum absolute atomic E-state index is 0.0893. The average Bonchev–Trinajstić information content (AvgIpc) is 2.95. The Balaban J connectivity index is 2.00. The highest BCUT2D eigenvalue weighted by molar-refractivity contribution is 6.42. The van der Waals surface area contributed by atoms with Crippen LogP contribution < -0.4 is 4.57 Å². The van der Waals surface area contributed by atoms with Crippen LogP contribution in [0.25, 0.3) is 11.0 Å². The predicted molar refractivity (Wildman–Crippen MR) is 88.5 cm³/mol. The number of hydrogen-bond donors (Lipinski definition) is 0. The summed E-state index contributed by atoms with van der Waals surface area (Å²) in [6, 6.07) is 3.70. The highest BCUT2D eigenvalue weighted by atomic mass is 35.5. The van der Waals surface area contributed by atoms with Crippen LogP contribution in [0.2, 0.25) is 10.0 Å². The number of imidazole rings is 1. The number of imide groups is 1. The van der Waals surface area contributed by atoms with Gasteiger partial charge in [-0.3, -0.25) is 14.5 Å². The number of aryl methyl sites for hydroxylation is 1. The molecular formula is C16H18Cl2N3O2+. The van der Waals surface area contributed by atoms with Crippen molar-refractivity contribution < 1.29 is 14.2 Å². The Kier molecular flexibility index (Phi) is 4.34. The maximum absolute atomic E-state index is 11.8. The van der Waals surface area contributed by atoms with E-state index < -0.39 is 0 Å². The first-order valence-corrected chi connectivity index (χ1v) is 8.40. The predicted octanol–water partition coefficient (Wildman–Crippen LogP) is 2.71. The fourth-order valence-electron chi connectivity index (χ4n) is 3.21. The number of aromatic nitrogens is 2. The van der Waals surface area contributed by atoms with Gasteiger partial charge in [0.05, 0.1) is 23.1 Å². The molecule has 0 spiro atoms. The molecule has 1 aliphatic heterocycles. The normalized spacial score (nSPS) is 15.2. The molecule has 1 aromatic heterocycles. The summed E-state index contributed by atoms with van der Waals surface area (Å²) in [6.45, 7) is 5.80. The Morgan fingerprint density at radius 3 is 2.35 bits per heavy atom. The van der Waals surface area contributed by atoms with Crippen LogP contribution in [0.4, 0.5) is 0 Å². The van der Waals surface area contributed by atoms with Gasteiger partial charge in [-0.2, -0.15) is 0 Å². The molecule has 1 aliphatic rings. The van der Waals surface area contributed by atoms with Crippen LogP contribution in [0.5, 0.6) is 0 Å². The largest absolute Gasteiger partial charge is 0.279 e. The molecule has 7 heteroatoms. The van der Waals surface area contributed by atoms with Crippen molar-refractivity contribution in [2.45, 2.75) is 39.8 Å². The second kappa shape index (κ2) is 6.13. The maximum Gasteiger partial charge on any atom is 0.254 e. The van der Waals surface area contributed by atoms with Crippen LogP contribution in [0, 0.1) is 6.92 Å². The van der Waals surface area contributed by atoms with Gasteiger partial charge in [0.1, 0.15) is 6.54 Å². The van der Waals surface area contributed by atoms with Gasteiger partial charge in [-0.1, -0.05) is 23.2 Å². The monoisotopic (exact) mass is 354 g/mol. The minimum Gasteiger partial charge on any atom is -0.279 e. The first-order chi connectivity index (χ1) is 10.9. The molecule has 3 rings (SSSR count). The van der Waals surface area contributed by atoms with Crippen molar-refractivity contribution in [2.75, 3.05) is 6.54 Å². The second-order valence-electron chi connectivity index (χ2n) is 5.64. The lowest BCUT2D eigenvalue weighted by Crippen LogP contribution is -2.44. The van der Waals surface area contributed by atoms with Gasteiger partial charge in [-0.15, -0.1) is 0 Å². The second-order valence-corrected chi connectivity index (χ2v) is 6.45. The van der Waals surface area contributed by atoms with Crippen molar-refractivity contribution in [1.29, 1.82) is 0 Å². The van der Waals surface area contributed by atoms with Crippen LogP contribution in [0.3, 0.4) is 0 Å². The van der Waals surface area contributed by atoms with Gasteiger partial charge in [-0.05, 0) is 6.92 Å². The van der Waals surface area contributed by atoms with Crippen molar-refractivity contribution in [2.24, 2.45) is 0 Å². The number of nitrogens with zero attached hydrogens (tertiary/aromatic N) is 3. The van der Waals surface area contributed by atoms with E-state index in [1.807, 2.05) is 19.1 Å². The first-order valence-electron chi connectivity index (χ1n) is 7.65. The molecule has 0 unspecified atom stereocenters. The van der Waals surface area contributed by atoms with E-state index in [4.69, 9.17) is 23.2 Å². The van der Waals surface area contributed by atoms with Crippen LogP contribution in [-0.4, -0.2) is 27.8 Å². The van der Waals surface area contributed by atoms with Crippen molar-refractivity contribution in [3.05, 3.63) is 28.0 Å². The van der Waals surface area contributed by atoms with Crippen LogP contribution in [-0.2, 0) is 22.7 Å². The zero-order valence-electron chi connectivity index (χ0n) is 13.1. The zero-order valence-corrected chi connectivity index (χ0v) is 14.6. The summed E-state index contributed by atoms with van der Waals surface area (Å²) in [5.41, 5.74) is 1.95. The maximum atomic E-state index is 11.8.